The monoisotopic (exact) mass is 264 g/mol. The summed E-state index contributed by atoms with van der Waals surface area (Å²) in [7, 11) is 0. The molecule has 0 saturated carbocycles. The Labute approximate surface area is 111 Å². The third kappa shape index (κ3) is 4.76. The molecule has 0 bridgehead atoms. The molecule has 0 spiro atoms. The number of thioether (sulfide) groups is 1. The van der Waals surface area contributed by atoms with Crippen LogP contribution in [-0.2, 0) is 0 Å². The zero-order chi connectivity index (χ0) is 13.6. The maximum Gasteiger partial charge on any atom is 0.335 e. The Balaban J connectivity index is 2.43. The second kappa shape index (κ2) is 6.41. The van der Waals surface area contributed by atoms with E-state index in [0.717, 1.165) is 18.6 Å². The van der Waals surface area contributed by atoms with Gasteiger partial charge in [0.1, 0.15) is 0 Å². The van der Waals surface area contributed by atoms with E-state index in [-0.39, 0.29) is 11.0 Å². The molecule has 5 heteroatoms. The predicted octanol–water partition coefficient (Wildman–Crippen LogP) is 3.20. The fourth-order valence-corrected chi connectivity index (χ4v) is 2.21. The van der Waals surface area contributed by atoms with E-state index in [1.54, 1.807) is 6.07 Å². The zero-order valence-corrected chi connectivity index (χ0v) is 11.3. The van der Waals surface area contributed by atoms with Gasteiger partial charge in [0.2, 0.25) is 0 Å². The lowest BCUT2D eigenvalue weighted by molar-refractivity contribution is 0.0696. The molecule has 4 nitrogen and oxygen atoms in total. The second-order valence-electron chi connectivity index (χ2n) is 4.64. The molecule has 0 aliphatic rings. The molecule has 1 aromatic rings. The predicted molar refractivity (Wildman–Crippen MR) is 70.5 cm³/mol. The largest absolute Gasteiger partial charge is 0.478 e. The number of aromatic carboxylic acids is 1. The standard InChI is InChI=1S/C13H16N2O2S/c1-13(2,9-14)5-3-7-18-11-8-10(12(16)17)4-6-15-11/h4,6,8H,3,5,7H2,1-2H3,(H,16,17). The molecule has 0 aliphatic carbocycles. The first-order valence-electron chi connectivity index (χ1n) is 5.68. The van der Waals surface area contributed by atoms with E-state index in [9.17, 15) is 4.79 Å². The van der Waals surface area contributed by atoms with E-state index in [0.29, 0.717) is 5.03 Å². The fourth-order valence-electron chi connectivity index (χ4n) is 1.37. The highest BCUT2D eigenvalue weighted by atomic mass is 32.2. The van der Waals surface area contributed by atoms with Crippen molar-refractivity contribution in [2.75, 3.05) is 5.75 Å². The minimum atomic E-state index is -0.940. The smallest absolute Gasteiger partial charge is 0.335 e. The summed E-state index contributed by atoms with van der Waals surface area (Å²) in [5, 5.41) is 18.4. The molecule has 0 aliphatic heterocycles. The Morgan fingerprint density at radius 2 is 2.33 bits per heavy atom. The average molecular weight is 264 g/mol. The summed E-state index contributed by atoms with van der Waals surface area (Å²) in [6.07, 6.45) is 3.24. The molecular formula is C13H16N2O2S. The van der Waals surface area contributed by atoms with Crippen molar-refractivity contribution in [2.24, 2.45) is 5.41 Å². The number of hydrogen-bond donors (Lipinski definition) is 1. The molecule has 18 heavy (non-hydrogen) atoms. The molecule has 1 N–H and O–H groups in total. The number of hydrogen-bond acceptors (Lipinski definition) is 4. The fraction of sp³-hybridized carbons (Fsp3) is 0.462. The summed E-state index contributed by atoms with van der Waals surface area (Å²) < 4.78 is 0. The Bertz CT molecular complexity index is 466. The molecule has 0 unspecified atom stereocenters. The van der Waals surface area contributed by atoms with Gasteiger partial charge in [0.15, 0.2) is 0 Å². The molecule has 1 aromatic heterocycles. The molecule has 0 amide bonds. The minimum absolute atomic E-state index is 0.254. The van der Waals surface area contributed by atoms with Crippen LogP contribution in [0.1, 0.15) is 37.0 Å². The molecule has 0 fully saturated rings. The Hall–Kier alpha value is -1.54. The van der Waals surface area contributed by atoms with Crippen LogP contribution in [0.4, 0.5) is 0 Å². The van der Waals surface area contributed by atoms with Gasteiger partial charge in [-0.2, -0.15) is 5.26 Å². The van der Waals surface area contributed by atoms with Crippen LogP contribution < -0.4 is 0 Å². The van der Waals surface area contributed by atoms with E-state index >= 15 is 0 Å². The Morgan fingerprint density at radius 3 is 2.94 bits per heavy atom. The summed E-state index contributed by atoms with van der Waals surface area (Å²) in [6, 6.07) is 5.31. The molecule has 0 atom stereocenters. The topological polar surface area (TPSA) is 74.0 Å². The van der Waals surface area contributed by atoms with Gasteiger partial charge >= 0.3 is 5.97 Å². The maximum absolute atomic E-state index is 10.8. The second-order valence-corrected chi connectivity index (χ2v) is 5.75. The number of rotatable bonds is 6. The summed E-state index contributed by atoms with van der Waals surface area (Å²) in [4.78, 5) is 14.9. The van der Waals surface area contributed by atoms with Crippen molar-refractivity contribution < 1.29 is 9.90 Å². The summed E-state index contributed by atoms with van der Waals surface area (Å²) in [6.45, 7) is 3.84. The Kier molecular flexibility index (Phi) is 5.17. The zero-order valence-electron chi connectivity index (χ0n) is 10.5. The van der Waals surface area contributed by atoms with Gasteiger partial charge in [-0.1, -0.05) is 0 Å². The van der Waals surface area contributed by atoms with E-state index in [1.807, 2.05) is 13.8 Å². The number of carboxylic acids is 1. The van der Waals surface area contributed by atoms with Gasteiger partial charge in [0.05, 0.1) is 22.1 Å². The van der Waals surface area contributed by atoms with Crippen LogP contribution in [0.25, 0.3) is 0 Å². The number of nitriles is 1. The first kappa shape index (κ1) is 14.5. The van der Waals surface area contributed by atoms with Crippen LogP contribution in [0, 0.1) is 16.7 Å². The summed E-state index contributed by atoms with van der Waals surface area (Å²) in [5.74, 6) is -0.105. The van der Waals surface area contributed by atoms with Crippen molar-refractivity contribution >= 4 is 17.7 Å². The SMILES string of the molecule is CC(C)(C#N)CCCSc1cc(C(=O)O)ccn1. The van der Waals surface area contributed by atoms with E-state index in [1.165, 1.54) is 24.0 Å². The number of carboxylic acid groups (broad SMARTS) is 1. The number of aromatic nitrogens is 1. The Morgan fingerprint density at radius 1 is 1.61 bits per heavy atom. The summed E-state index contributed by atoms with van der Waals surface area (Å²) in [5.41, 5.74) is -0.0402. The molecular weight excluding hydrogens is 248 g/mol. The number of pyridine rings is 1. The molecule has 96 valence electrons. The van der Waals surface area contributed by atoms with Gasteiger partial charge in [-0.3, -0.25) is 0 Å². The normalized spacial score (nSPS) is 10.9. The van der Waals surface area contributed by atoms with Crippen molar-refractivity contribution in [2.45, 2.75) is 31.7 Å². The van der Waals surface area contributed by atoms with Crippen LogP contribution in [0.3, 0.4) is 0 Å². The highest BCUT2D eigenvalue weighted by Gasteiger charge is 2.15. The van der Waals surface area contributed by atoms with Crippen LogP contribution >= 0.6 is 11.8 Å². The van der Waals surface area contributed by atoms with Crippen LogP contribution in [0.15, 0.2) is 23.4 Å². The third-order valence-electron chi connectivity index (χ3n) is 2.48. The lowest BCUT2D eigenvalue weighted by Gasteiger charge is -2.13. The lowest BCUT2D eigenvalue weighted by Crippen LogP contribution is -2.07. The van der Waals surface area contributed by atoms with Gasteiger partial charge in [0, 0.05) is 6.20 Å². The van der Waals surface area contributed by atoms with Crippen LogP contribution in [-0.4, -0.2) is 21.8 Å². The lowest BCUT2D eigenvalue weighted by atomic mass is 9.90. The molecule has 0 saturated heterocycles. The summed E-state index contributed by atoms with van der Waals surface area (Å²) >= 11 is 1.52. The van der Waals surface area contributed by atoms with Crippen molar-refractivity contribution in [1.29, 1.82) is 5.26 Å². The third-order valence-corrected chi connectivity index (χ3v) is 3.49. The van der Waals surface area contributed by atoms with Gasteiger partial charge in [0.25, 0.3) is 0 Å². The van der Waals surface area contributed by atoms with Crippen molar-refractivity contribution in [3.05, 3.63) is 23.9 Å². The van der Waals surface area contributed by atoms with Gasteiger partial charge in [-0.05, 0) is 44.6 Å². The van der Waals surface area contributed by atoms with Gasteiger partial charge < -0.3 is 5.11 Å². The van der Waals surface area contributed by atoms with Gasteiger partial charge in [-0.15, -0.1) is 11.8 Å². The van der Waals surface area contributed by atoms with Gasteiger partial charge in [-0.25, -0.2) is 9.78 Å². The quantitative estimate of drug-likeness (QED) is 0.631. The molecule has 1 heterocycles. The molecule has 0 radical (unpaired) electrons. The molecule has 0 aromatic carbocycles. The number of nitrogens with zero attached hydrogens (tertiary/aromatic N) is 2. The van der Waals surface area contributed by atoms with Crippen molar-refractivity contribution in [3.8, 4) is 6.07 Å². The minimum Gasteiger partial charge on any atom is -0.478 e. The van der Waals surface area contributed by atoms with Crippen molar-refractivity contribution in [3.63, 3.8) is 0 Å². The first-order valence-corrected chi connectivity index (χ1v) is 6.66. The highest BCUT2D eigenvalue weighted by Crippen LogP contribution is 2.24. The molecule has 1 rings (SSSR count). The van der Waals surface area contributed by atoms with Crippen LogP contribution in [0.5, 0.6) is 0 Å². The van der Waals surface area contributed by atoms with E-state index < -0.39 is 5.97 Å². The first-order chi connectivity index (χ1) is 8.44. The highest BCUT2D eigenvalue weighted by molar-refractivity contribution is 7.99. The maximum atomic E-state index is 10.8. The van der Waals surface area contributed by atoms with E-state index in [4.69, 9.17) is 10.4 Å². The number of carbonyl (C=O) groups is 1. The van der Waals surface area contributed by atoms with E-state index in [2.05, 4.69) is 11.1 Å². The van der Waals surface area contributed by atoms with Crippen LogP contribution in [0.2, 0.25) is 0 Å². The average Bonchev–Trinajstić information content (AvgIpc) is 2.35. The van der Waals surface area contributed by atoms with Crippen molar-refractivity contribution in [1.82, 2.24) is 4.98 Å².